The molecule has 5 nitrogen and oxygen atoms in total. The van der Waals surface area contributed by atoms with Crippen LogP contribution in [0.5, 0.6) is 0 Å². The molecule has 0 bridgehead atoms. The van der Waals surface area contributed by atoms with E-state index in [1.54, 1.807) is 20.8 Å². The number of rotatable bonds is 4. The Morgan fingerprint density at radius 3 is 2.22 bits per heavy atom. The van der Waals surface area contributed by atoms with Gasteiger partial charge in [-0.1, -0.05) is 54.6 Å². The van der Waals surface area contributed by atoms with Gasteiger partial charge in [0, 0.05) is 6.42 Å². The number of carboxylic acid groups (broad SMARTS) is 1. The Kier molecular flexibility index (Phi) is 5.04. The number of nitrogens with one attached hydrogen (secondary N) is 1. The lowest BCUT2D eigenvalue weighted by Crippen LogP contribution is -2.44. The lowest BCUT2D eigenvalue weighted by atomic mass is 9.94. The summed E-state index contributed by atoms with van der Waals surface area (Å²) in [6, 6.07) is 16.8. The Morgan fingerprint density at radius 2 is 1.59 bits per heavy atom. The number of carbonyl (C=O) groups excluding carboxylic acids is 1. The average molecular weight is 365 g/mol. The van der Waals surface area contributed by atoms with Gasteiger partial charge in [-0.3, -0.25) is 0 Å². The molecule has 1 atom stereocenters. The third-order valence-electron chi connectivity index (χ3n) is 4.27. The van der Waals surface area contributed by atoms with Crippen LogP contribution in [0, 0.1) is 0 Å². The number of carboxylic acids is 1. The highest BCUT2D eigenvalue weighted by molar-refractivity contribution is 6.09. The van der Waals surface area contributed by atoms with E-state index in [1.165, 1.54) is 0 Å². The summed E-state index contributed by atoms with van der Waals surface area (Å²) in [5, 5.41) is 16.3. The number of hydrogen-bond donors (Lipinski definition) is 2. The Hall–Kier alpha value is -3.08. The minimum absolute atomic E-state index is 0.167. The van der Waals surface area contributed by atoms with E-state index in [-0.39, 0.29) is 6.42 Å². The predicted octanol–water partition coefficient (Wildman–Crippen LogP) is 4.51. The van der Waals surface area contributed by atoms with E-state index >= 15 is 0 Å². The maximum atomic E-state index is 12.0. The summed E-state index contributed by atoms with van der Waals surface area (Å²) in [6.07, 6.45) is -0.570. The van der Waals surface area contributed by atoms with Gasteiger partial charge < -0.3 is 15.2 Å². The molecule has 0 aliphatic rings. The smallest absolute Gasteiger partial charge is 0.408 e. The fraction of sp³-hybridized carbons (Fsp3) is 0.273. The quantitative estimate of drug-likeness (QED) is 0.667. The molecule has 3 aromatic rings. The van der Waals surface area contributed by atoms with Gasteiger partial charge in [0.1, 0.15) is 11.6 Å². The first-order chi connectivity index (χ1) is 12.7. The monoisotopic (exact) mass is 365 g/mol. The number of aliphatic carboxylic acids is 1. The van der Waals surface area contributed by atoms with Crippen LogP contribution in [0.1, 0.15) is 26.3 Å². The molecular weight excluding hydrogens is 342 g/mol. The van der Waals surface area contributed by atoms with Gasteiger partial charge in [-0.25, -0.2) is 9.59 Å². The van der Waals surface area contributed by atoms with E-state index in [1.807, 2.05) is 48.5 Å². The average Bonchev–Trinajstić information content (AvgIpc) is 2.59. The van der Waals surface area contributed by atoms with Crippen LogP contribution in [0.15, 0.2) is 54.6 Å². The highest BCUT2D eigenvalue weighted by Gasteiger charge is 2.25. The van der Waals surface area contributed by atoms with E-state index in [0.29, 0.717) is 0 Å². The third kappa shape index (κ3) is 4.37. The Labute approximate surface area is 157 Å². The molecule has 5 heteroatoms. The van der Waals surface area contributed by atoms with E-state index in [2.05, 4.69) is 11.4 Å². The van der Waals surface area contributed by atoms with Gasteiger partial charge in [-0.15, -0.1) is 0 Å². The van der Waals surface area contributed by atoms with E-state index in [4.69, 9.17) is 4.74 Å². The molecule has 0 saturated heterocycles. The SMILES string of the molecule is CC(C)(C)OC(=O)NC(Cc1cc2ccccc2c2ccccc12)C(=O)O. The maximum Gasteiger partial charge on any atom is 0.408 e. The molecule has 0 saturated carbocycles. The van der Waals surface area contributed by atoms with E-state index in [9.17, 15) is 14.7 Å². The topological polar surface area (TPSA) is 75.6 Å². The molecule has 1 amide bonds. The molecule has 0 aliphatic heterocycles. The number of fused-ring (bicyclic) bond motifs is 3. The first-order valence-corrected chi connectivity index (χ1v) is 8.86. The first kappa shape index (κ1) is 18.7. The lowest BCUT2D eigenvalue weighted by molar-refractivity contribution is -0.139. The molecular formula is C22H23NO4. The second-order valence-electron chi connectivity index (χ2n) is 7.54. The number of ether oxygens (including phenoxy) is 1. The minimum Gasteiger partial charge on any atom is -0.480 e. The van der Waals surface area contributed by atoms with Crippen LogP contribution in [0.4, 0.5) is 4.79 Å². The molecule has 0 heterocycles. The number of benzene rings is 3. The lowest BCUT2D eigenvalue weighted by Gasteiger charge is -2.22. The second-order valence-corrected chi connectivity index (χ2v) is 7.54. The largest absolute Gasteiger partial charge is 0.480 e. The standard InChI is InChI=1S/C22H23NO4/c1-22(2,3)27-21(26)23-19(20(24)25)13-15-12-14-8-4-5-9-16(14)18-11-7-6-10-17(15)18/h4-12,19H,13H2,1-3H3,(H,23,26)(H,24,25). The van der Waals surface area contributed by atoms with Crippen molar-refractivity contribution in [1.82, 2.24) is 5.32 Å². The van der Waals surface area contributed by atoms with Crippen LogP contribution in [0.3, 0.4) is 0 Å². The molecule has 140 valence electrons. The number of carbonyl (C=O) groups is 2. The molecule has 0 aromatic heterocycles. The zero-order valence-electron chi connectivity index (χ0n) is 15.7. The predicted molar refractivity (Wildman–Crippen MR) is 106 cm³/mol. The zero-order chi connectivity index (χ0) is 19.6. The Bertz CT molecular complexity index is 1000. The molecule has 0 spiro atoms. The normalized spacial score (nSPS) is 12.7. The van der Waals surface area contributed by atoms with E-state index in [0.717, 1.165) is 27.1 Å². The third-order valence-corrected chi connectivity index (χ3v) is 4.27. The fourth-order valence-electron chi connectivity index (χ4n) is 3.17. The molecule has 0 radical (unpaired) electrons. The summed E-state index contributed by atoms with van der Waals surface area (Å²) in [5.74, 6) is -1.10. The molecule has 27 heavy (non-hydrogen) atoms. The van der Waals surface area contributed by atoms with Crippen molar-refractivity contribution in [3.63, 3.8) is 0 Å². The van der Waals surface area contributed by atoms with Gasteiger partial charge in [0.2, 0.25) is 0 Å². The van der Waals surface area contributed by atoms with Gasteiger partial charge in [-0.05, 0) is 47.9 Å². The summed E-state index contributed by atoms with van der Waals surface area (Å²) in [4.78, 5) is 23.8. The fourth-order valence-corrected chi connectivity index (χ4v) is 3.17. The van der Waals surface area contributed by atoms with Crippen LogP contribution in [0.2, 0.25) is 0 Å². The van der Waals surface area contributed by atoms with Crippen LogP contribution >= 0.6 is 0 Å². The number of alkyl carbamates (subject to hydrolysis) is 1. The van der Waals surface area contributed by atoms with Gasteiger partial charge in [0.15, 0.2) is 0 Å². The molecule has 3 rings (SSSR count). The molecule has 1 unspecified atom stereocenters. The molecule has 0 fully saturated rings. The Morgan fingerprint density at radius 1 is 1.00 bits per heavy atom. The van der Waals surface area contributed by atoms with Crippen molar-refractivity contribution in [2.75, 3.05) is 0 Å². The van der Waals surface area contributed by atoms with E-state index < -0.39 is 23.7 Å². The van der Waals surface area contributed by atoms with Crippen molar-refractivity contribution in [1.29, 1.82) is 0 Å². The van der Waals surface area contributed by atoms with Crippen LogP contribution in [0.25, 0.3) is 21.5 Å². The Balaban J connectivity index is 1.97. The van der Waals surface area contributed by atoms with Gasteiger partial charge in [0.25, 0.3) is 0 Å². The van der Waals surface area contributed by atoms with Gasteiger partial charge in [0.05, 0.1) is 0 Å². The number of amides is 1. The van der Waals surface area contributed by atoms with Crippen LogP contribution in [-0.2, 0) is 16.0 Å². The summed E-state index contributed by atoms with van der Waals surface area (Å²) in [6.45, 7) is 5.21. The zero-order valence-corrected chi connectivity index (χ0v) is 15.7. The first-order valence-electron chi connectivity index (χ1n) is 8.86. The molecule has 3 aromatic carbocycles. The van der Waals surface area contributed by atoms with Crippen molar-refractivity contribution in [3.05, 3.63) is 60.2 Å². The number of hydrogen-bond acceptors (Lipinski definition) is 3. The highest BCUT2D eigenvalue weighted by atomic mass is 16.6. The van der Waals surface area contributed by atoms with Crippen molar-refractivity contribution in [3.8, 4) is 0 Å². The van der Waals surface area contributed by atoms with Gasteiger partial charge in [-0.2, -0.15) is 0 Å². The molecule has 2 N–H and O–H groups in total. The summed E-state index contributed by atoms with van der Waals surface area (Å²) >= 11 is 0. The van der Waals surface area contributed by atoms with Crippen molar-refractivity contribution >= 4 is 33.6 Å². The van der Waals surface area contributed by atoms with Crippen molar-refractivity contribution in [2.24, 2.45) is 0 Å². The highest BCUT2D eigenvalue weighted by Crippen LogP contribution is 2.29. The van der Waals surface area contributed by atoms with Crippen LogP contribution in [-0.4, -0.2) is 28.8 Å². The van der Waals surface area contributed by atoms with Gasteiger partial charge >= 0.3 is 12.1 Å². The summed E-state index contributed by atoms with van der Waals surface area (Å²) in [5.41, 5.74) is 0.177. The second kappa shape index (κ2) is 7.27. The van der Waals surface area contributed by atoms with Crippen molar-refractivity contribution in [2.45, 2.75) is 38.8 Å². The van der Waals surface area contributed by atoms with Crippen molar-refractivity contribution < 1.29 is 19.4 Å². The molecule has 0 aliphatic carbocycles. The maximum absolute atomic E-state index is 12.0. The van der Waals surface area contributed by atoms with Crippen LogP contribution < -0.4 is 5.32 Å². The summed E-state index contributed by atoms with van der Waals surface area (Å²) < 4.78 is 5.20. The summed E-state index contributed by atoms with van der Waals surface area (Å²) in [7, 11) is 0. The minimum atomic E-state index is -1.10.